The topological polar surface area (TPSA) is 35.5 Å². The van der Waals surface area contributed by atoms with E-state index in [0.29, 0.717) is 0 Å². The Kier molecular flexibility index (Phi) is 3.75. The molecule has 15 heavy (non-hydrogen) atoms. The van der Waals surface area contributed by atoms with Crippen molar-refractivity contribution in [1.29, 1.82) is 0 Å². The monoisotopic (exact) mass is 204 g/mol. The minimum absolute atomic E-state index is 0.547. The Labute approximate surface area is 89.0 Å². The third-order valence-corrected chi connectivity index (χ3v) is 1.90. The van der Waals surface area contributed by atoms with Crippen molar-refractivity contribution in [2.24, 2.45) is 0 Å². The molecule has 1 aromatic rings. The molecule has 0 aliphatic rings. The zero-order chi connectivity index (χ0) is 11.3. The molecule has 1 aromatic carbocycles. The first-order valence-corrected chi connectivity index (χ1v) is 4.42. The minimum Gasteiger partial charge on any atom is -0.496 e. The minimum atomic E-state index is -0.547. The molecule has 0 N–H and O–H groups in total. The highest BCUT2D eigenvalue weighted by atomic mass is 16.5. The number of hydrogen-bond acceptors (Lipinski definition) is 3. The van der Waals surface area contributed by atoms with Gasteiger partial charge in [0, 0.05) is 11.5 Å². The third-order valence-electron chi connectivity index (χ3n) is 1.90. The zero-order valence-electron chi connectivity index (χ0n) is 8.96. The summed E-state index contributed by atoms with van der Waals surface area (Å²) in [5, 5.41) is 0. The average Bonchev–Trinajstić information content (AvgIpc) is 2.27. The van der Waals surface area contributed by atoms with Crippen LogP contribution in [0, 0.1) is 18.8 Å². The number of aryl methyl sites for hydroxylation is 1. The molecular weight excluding hydrogens is 192 g/mol. The summed E-state index contributed by atoms with van der Waals surface area (Å²) >= 11 is 0. The number of hydrogen-bond donors (Lipinski definition) is 0. The van der Waals surface area contributed by atoms with Gasteiger partial charge in [-0.05, 0) is 24.6 Å². The van der Waals surface area contributed by atoms with E-state index in [1.165, 1.54) is 7.11 Å². The number of esters is 1. The largest absolute Gasteiger partial charge is 0.496 e. The number of methoxy groups -OCH3 is 2. The Balaban J connectivity index is 2.95. The second-order valence-electron chi connectivity index (χ2n) is 2.93. The molecule has 0 fully saturated rings. The summed E-state index contributed by atoms with van der Waals surface area (Å²) < 4.78 is 9.54. The molecule has 0 amide bonds. The summed E-state index contributed by atoms with van der Waals surface area (Å²) in [5.74, 6) is 5.25. The fourth-order valence-electron chi connectivity index (χ4n) is 1.07. The Morgan fingerprint density at radius 2 is 2.07 bits per heavy atom. The SMILES string of the molecule is COC(=O)C#Cc1ccc(C)c(OC)c1. The molecule has 0 saturated heterocycles. The molecule has 0 heterocycles. The van der Waals surface area contributed by atoms with Crippen molar-refractivity contribution in [1.82, 2.24) is 0 Å². The highest BCUT2D eigenvalue weighted by Gasteiger charge is 1.98. The van der Waals surface area contributed by atoms with Gasteiger partial charge in [0.15, 0.2) is 0 Å². The smallest absolute Gasteiger partial charge is 0.384 e. The summed E-state index contributed by atoms with van der Waals surface area (Å²) in [7, 11) is 2.90. The lowest BCUT2D eigenvalue weighted by molar-refractivity contribution is -0.133. The van der Waals surface area contributed by atoms with Gasteiger partial charge in [0.25, 0.3) is 0 Å². The summed E-state index contributed by atoms with van der Waals surface area (Å²) in [6.45, 7) is 1.94. The summed E-state index contributed by atoms with van der Waals surface area (Å²) in [6.07, 6.45) is 0. The lowest BCUT2D eigenvalue weighted by Gasteiger charge is -2.03. The number of ether oxygens (including phenoxy) is 2. The molecule has 0 radical (unpaired) electrons. The van der Waals surface area contributed by atoms with Gasteiger partial charge < -0.3 is 9.47 Å². The first-order chi connectivity index (χ1) is 7.17. The van der Waals surface area contributed by atoms with Crippen LogP contribution in [0.2, 0.25) is 0 Å². The second kappa shape index (κ2) is 5.06. The number of rotatable bonds is 1. The van der Waals surface area contributed by atoms with Crippen molar-refractivity contribution in [2.45, 2.75) is 6.92 Å². The molecule has 3 heteroatoms. The van der Waals surface area contributed by atoms with E-state index >= 15 is 0 Å². The van der Waals surface area contributed by atoms with E-state index in [-0.39, 0.29) is 0 Å². The molecule has 78 valence electrons. The molecule has 0 saturated carbocycles. The normalized spacial score (nSPS) is 8.73. The molecule has 0 atom stereocenters. The van der Waals surface area contributed by atoms with Gasteiger partial charge in [-0.15, -0.1) is 0 Å². The maximum absolute atomic E-state index is 10.8. The Hall–Kier alpha value is -1.95. The number of benzene rings is 1. The van der Waals surface area contributed by atoms with Crippen molar-refractivity contribution in [3.8, 4) is 17.6 Å². The molecule has 0 unspecified atom stereocenters. The molecule has 1 rings (SSSR count). The summed E-state index contributed by atoms with van der Waals surface area (Å²) in [4.78, 5) is 10.8. The Morgan fingerprint density at radius 1 is 1.33 bits per heavy atom. The Bertz CT molecular complexity index is 424. The zero-order valence-corrected chi connectivity index (χ0v) is 8.96. The van der Waals surface area contributed by atoms with E-state index in [1.807, 2.05) is 19.1 Å². The predicted octanol–water partition coefficient (Wildman–Crippen LogP) is 1.53. The third kappa shape index (κ3) is 3.03. The van der Waals surface area contributed by atoms with Crippen LogP contribution in [-0.2, 0) is 9.53 Å². The van der Waals surface area contributed by atoms with E-state index in [4.69, 9.17) is 4.74 Å². The lowest BCUT2D eigenvalue weighted by Crippen LogP contribution is -1.94. The standard InChI is InChI=1S/C12H12O3/c1-9-4-5-10(8-11(9)14-2)6-7-12(13)15-3/h4-5,8H,1-3H3. The average molecular weight is 204 g/mol. The number of carbonyl (C=O) groups is 1. The van der Waals surface area contributed by atoms with Gasteiger partial charge in [-0.1, -0.05) is 12.0 Å². The molecule has 0 bridgehead atoms. The van der Waals surface area contributed by atoms with Gasteiger partial charge in [-0.25, -0.2) is 4.79 Å². The van der Waals surface area contributed by atoms with Crippen LogP contribution in [0.5, 0.6) is 5.75 Å². The van der Waals surface area contributed by atoms with Crippen LogP contribution < -0.4 is 4.74 Å². The predicted molar refractivity (Wildman–Crippen MR) is 56.6 cm³/mol. The van der Waals surface area contributed by atoms with Crippen LogP contribution >= 0.6 is 0 Å². The van der Waals surface area contributed by atoms with E-state index in [1.54, 1.807) is 13.2 Å². The van der Waals surface area contributed by atoms with Gasteiger partial charge in [0.05, 0.1) is 14.2 Å². The van der Waals surface area contributed by atoms with Gasteiger partial charge in [-0.3, -0.25) is 0 Å². The van der Waals surface area contributed by atoms with Gasteiger partial charge in [-0.2, -0.15) is 0 Å². The van der Waals surface area contributed by atoms with Gasteiger partial charge in [0.2, 0.25) is 0 Å². The van der Waals surface area contributed by atoms with Crippen molar-refractivity contribution < 1.29 is 14.3 Å². The van der Waals surface area contributed by atoms with Crippen LogP contribution in [0.3, 0.4) is 0 Å². The second-order valence-corrected chi connectivity index (χ2v) is 2.93. The van der Waals surface area contributed by atoms with Crippen LogP contribution in [0.1, 0.15) is 11.1 Å². The van der Waals surface area contributed by atoms with Crippen molar-refractivity contribution in [3.63, 3.8) is 0 Å². The maximum Gasteiger partial charge on any atom is 0.384 e. The lowest BCUT2D eigenvalue weighted by atomic mass is 10.1. The first-order valence-electron chi connectivity index (χ1n) is 4.42. The fraction of sp³-hybridized carbons (Fsp3) is 0.250. The van der Waals surface area contributed by atoms with Crippen molar-refractivity contribution in [2.75, 3.05) is 14.2 Å². The van der Waals surface area contributed by atoms with Gasteiger partial charge >= 0.3 is 5.97 Å². The highest BCUT2D eigenvalue weighted by molar-refractivity contribution is 5.89. The van der Waals surface area contributed by atoms with Gasteiger partial charge in [0.1, 0.15) is 5.75 Å². The molecule has 0 aliphatic carbocycles. The van der Waals surface area contributed by atoms with Crippen molar-refractivity contribution in [3.05, 3.63) is 29.3 Å². The van der Waals surface area contributed by atoms with Crippen LogP contribution in [0.4, 0.5) is 0 Å². The quantitative estimate of drug-likeness (QED) is 0.514. The summed E-state index contributed by atoms with van der Waals surface area (Å²) in [5.41, 5.74) is 1.75. The summed E-state index contributed by atoms with van der Waals surface area (Å²) in [6, 6.07) is 5.50. The molecule has 0 aliphatic heterocycles. The maximum atomic E-state index is 10.8. The number of carbonyl (C=O) groups excluding carboxylic acids is 1. The van der Waals surface area contributed by atoms with Crippen LogP contribution in [0.15, 0.2) is 18.2 Å². The van der Waals surface area contributed by atoms with E-state index in [0.717, 1.165) is 16.9 Å². The molecular formula is C12H12O3. The molecule has 0 aromatic heterocycles. The van der Waals surface area contributed by atoms with E-state index < -0.39 is 5.97 Å². The van der Waals surface area contributed by atoms with Crippen LogP contribution in [0.25, 0.3) is 0 Å². The van der Waals surface area contributed by atoms with Crippen LogP contribution in [-0.4, -0.2) is 20.2 Å². The Morgan fingerprint density at radius 3 is 2.67 bits per heavy atom. The first kappa shape index (κ1) is 11.1. The van der Waals surface area contributed by atoms with Crippen molar-refractivity contribution >= 4 is 5.97 Å². The molecule has 0 spiro atoms. The molecule has 3 nitrogen and oxygen atoms in total. The van der Waals surface area contributed by atoms with E-state index in [9.17, 15) is 4.79 Å². The fourth-order valence-corrected chi connectivity index (χ4v) is 1.07. The highest BCUT2D eigenvalue weighted by Crippen LogP contribution is 2.18. The van der Waals surface area contributed by atoms with E-state index in [2.05, 4.69) is 16.6 Å².